The van der Waals surface area contributed by atoms with Gasteiger partial charge in [0.1, 0.15) is 37.8 Å². The predicted molar refractivity (Wildman–Crippen MR) is 126 cm³/mol. The summed E-state index contributed by atoms with van der Waals surface area (Å²) in [5.74, 6) is -0.361. The number of nitrogens with zero attached hydrogens (tertiary/aromatic N) is 3. The molecule has 0 unspecified atom stereocenters. The minimum Gasteiger partial charge on any atom is -0.444 e. The number of aliphatic imine (C=N–C) groups is 1. The smallest absolute Gasteiger partial charge is 0.413 e. The van der Waals surface area contributed by atoms with Gasteiger partial charge in [0, 0.05) is 0 Å². The monoisotopic (exact) mass is 528 g/mol. The zero-order valence-electron chi connectivity index (χ0n) is 19.3. The summed E-state index contributed by atoms with van der Waals surface area (Å²) in [5.41, 5.74) is -1.89. The lowest BCUT2D eigenvalue weighted by Crippen LogP contribution is -2.63. The molecule has 3 heterocycles. The van der Waals surface area contributed by atoms with Gasteiger partial charge in [0.15, 0.2) is 0 Å². The summed E-state index contributed by atoms with van der Waals surface area (Å²) >= 11 is 3.32. The molecule has 0 saturated heterocycles. The second-order valence-electron chi connectivity index (χ2n) is 10.8. The van der Waals surface area contributed by atoms with Gasteiger partial charge in [-0.2, -0.15) is 0 Å². The Labute approximate surface area is 197 Å². The zero-order chi connectivity index (χ0) is 23.7. The fourth-order valence-corrected chi connectivity index (χ4v) is 8.32. The van der Waals surface area contributed by atoms with Crippen molar-refractivity contribution in [1.82, 2.24) is 10.3 Å². The van der Waals surface area contributed by atoms with Crippen molar-refractivity contribution in [2.24, 2.45) is 14.8 Å². The van der Waals surface area contributed by atoms with Gasteiger partial charge in [0.05, 0.1) is 21.5 Å². The van der Waals surface area contributed by atoms with Gasteiger partial charge < -0.3 is 4.74 Å². The van der Waals surface area contributed by atoms with Gasteiger partial charge in [-0.25, -0.2) is 22.7 Å². The van der Waals surface area contributed by atoms with E-state index in [0.29, 0.717) is 17.6 Å². The topological polar surface area (TPSA) is 93.0 Å². The number of carbonyl (C=O) groups excluding carboxylic acids is 1. The average Bonchev–Trinajstić information content (AvgIpc) is 3.42. The van der Waals surface area contributed by atoms with Crippen molar-refractivity contribution in [2.75, 3.05) is 6.54 Å². The molecule has 0 bridgehead atoms. The number of pyridine rings is 1. The van der Waals surface area contributed by atoms with Crippen molar-refractivity contribution in [3.63, 3.8) is 0 Å². The number of fused-ring (bicyclic) bond motifs is 1. The van der Waals surface area contributed by atoms with Gasteiger partial charge in [-0.05, 0) is 94.3 Å². The maximum Gasteiger partial charge on any atom is 0.413 e. The minimum atomic E-state index is -2.96. The Hall–Kier alpha value is -1.55. The van der Waals surface area contributed by atoms with Crippen LogP contribution in [0.4, 0.5) is 9.18 Å². The number of hydrogen-bond donors (Lipinski definition) is 1. The first kappa shape index (κ1) is 23.6. The van der Waals surface area contributed by atoms with Crippen molar-refractivity contribution in [1.29, 1.82) is 0 Å². The summed E-state index contributed by atoms with van der Waals surface area (Å²) in [6, 6.07) is 2.84. The van der Waals surface area contributed by atoms with E-state index < -0.39 is 42.8 Å². The highest BCUT2D eigenvalue weighted by Gasteiger charge is 2.62. The zero-order valence-corrected chi connectivity index (χ0v) is 21.7. The Morgan fingerprint density at radius 3 is 2.53 bits per heavy atom. The molecule has 1 N–H and O–H groups in total. The van der Waals surface area contributed by atoms with Crippen LogP contribution in [-0.2, 0) is 20.0 Å². The number of ether oxygens (including phenoxy) is 1. The lowest BCUT2D eigenvalue weighted by atomic mass is 9.85. The number of hydrogen-bond acceptors (Lipinski definition) is 6. The van der Waals surface area contributed by atoms with E-state index in [-0.39, 0.29) is 16.9 Å². The molecule has 7 nitrogen and oxygen atoms in total. The molecular weight excluding hydrogens is 499 g/mol. The van der Waals surface area contributed by atoms with Crippen molar-refractivity contribution < 1.29 is 18.1 Å². The van der Waals surface area contributed by atoms with Gasteiger partial charge >= 0.3 is 6.09 Å². The Kier molecular flexibility index (Phi) is 5.33. The van der Waals surface area contributed by atoms with E-state index in [1.807, 2.05) is 0 Å². The summed E-state index contributed by atoms with van der Waals surface area (Å²) in [5, 5.41) is 2.17. The molecule has 2 aliphatic heterocycles. The number of alkyl carbamates (subject to hydrolysis) is 1. The van der Waals surface area contributed by atoms with Gasteiger partial charge in [0.2, 0.25) is 0 Å². The number of nitrogens with one attached hydrogen (secondary N) is 1. The van der Waals surface area contributed by atoms with Crippen LogP contribution in [0.1, 0.15) is 66.5 Å². The summed E-state index contributed by atoms with van der Waals surface area (Å²) < 4.78 is 39.3. The molecule has 1 spiro atoms. The largest absolute Gasteiger partial charge is 0.444 e. The fourth-order valence-electron chi connectivity index (χ4n) is 4.59. The number of amidine groups is 1. The molecule has 4 rings (SSSR count). The van der Waals surface area contributed by atoms with Crippen LogP contribution in [0.5, 0.6) is 0 Å². The average molecular weight is 529 g/mol. The third-order valence-corrected chi connectivity index (χ3v) is 10.7. The van der Waals surface area contributed by atoms with Gasteiger partial charge in [0.25, 0.3) is 0 Å². The van der Waals surface area contributed by atoms with Crippen LogP contribution in [-0.4, -0.2) is 43.3 Å². The maximum atomic E-state index is 15.1. The van der Waals surface area contributed by atoms with Crippen LogP contribution < -0.4 is 5.32 Å². The summed E-state index contributed by atoms with van der Waals surface area (Å²) in [4.78, 5) is 21.9. The summed E-state index contributed by atoms with van der Waals surface area (Å²) in [6.45, 7) is 11.1. The van der Waals surface area contributed by atoms with Crippen LogP contribution in [0.15, 0.2) is 26.1 Å². The Balaban J connectivity index is 1.90. The molecule has 10 heteroatoms. The van der Waals surface area contributed by atoms with E-state index in [1.165, 1.54) is 12.1 Å². The lowest BCUT2D eigenvalue weighted by molar-refractivity contribution is 0.0560. The molecule has 3 aliphatic rings. The fraction of sp³-hybridized carbons (Fsp3) is 0.682. The Morgan fingerprint density at radius 1 is 1.28 bits per heavy atom. The van der Waals surface area contributed by atoms with Crippen molar-refractivity contribution in [3.8, 4) is 0 Å². The first-order chi connectivity index (χ1) is 14.6. The molecule has 176 valence electrons. The van der Waals surface area contributed by atoms with Crippen LogP contribution >= 0.6 is 15.9 Å². The van der Waals surface area contributed by atoms with Crippen LogP contribution in [0.3, 0.4) is 0 Å². The lowest BCUT2D eigenvalue weighted by Gasteiger charge is -2.49. The standard InChI is InChI=1S/C22H30BrFN4O3S/c1-19(2,3)31-18(29)27-17-20(4,5)32(30)14(11-22(9-10-22)12-25-32)21(6,28-17)16-13(24)7-8-15(23)26-16/h7-8,14H,9-12H2,1-6H3,(H,27,28,29)/t14-,21+,32-/m1/s1. The van der Waals surface area contributed by atoms with E-state index in [4.69, 9.17) is 14.1 Å². The third kappa shape index (κ3) is 3.77. The number of amides is 1. The Morgan fingerprint density at radius 2 is 1.94 bits per heavy atom. The highest BCUT2D eigenvalue weighted by atomic mass is 79.9. The van der Waals surface area contributed by atoms with E-state index in [9.17, 15) is 9.00 Å². The van der Waals surface area contributed by atoms with Crippen LogP contribution in [0, 0.1) is 11.2 Å². The van der Waals surface area contributed by atoms with E-state index in [1.54, 1.807) is 41.5 Å². The quantitative estimate of drug-likeness (QED) is 0.522. The van der Waals surface area contributed by atoms with Crippen molar-refractivity contribution >= 4 is 37.6 Å². The minimum absolute atomic E-state index is 0.0109. The summed E-state index contributed by atoms with van der Waals surface area (Å²) in [6.07, 6.45) is 1.96. The van der Waals surface area contributed by atoms with E-state index >= 15 is 4.39 Å². The van der Waals surface area contributed by atoms with Gasteiger partial charge in [-0.3, -0.25) is 10.3 Å². The molecule has 1 fully saturated rings. The van der Waals surface area contributed by atoms with Crippen molar-refractivity contribution in [3.05, 3.63) is 28.2 Å². The molecule has 1 aromatic rings. The molecular formula is C22H30BrFN4O3S. The van der Waals surface area contributed by atoms with Crippen LogP contribution in [0.25, 0.3) is 0 Å². The van der Waals surface area contributed by atoms with Gasteiger partial charge in [-0.15, -0.1) is 0 Å². The Bertz CT molecular complexity index is 1130. The SMILES string of the molecule is CC(C)(C)OC(=O)NC1=N[C@](C)(c2nc(Br)ccc2F)[C@H]2CC3(CC3)CN=[S@]2(=O)C1(C)C. The van der Waals surface area contributed by atoms with E-state index in [2.05, 4.69) is 26.2 Å². The molecule has 1 saturated carbocycles. The molecule has 1 amide bonds. The molecule has 0 aromatic carbocycles. The number of rotatable bonds is 1. The van der Waals surface area contributed by atoms with Crippen molar-refractivity contribution in [2.45, 2.75) is 81.9 Å². The number of halogens is 2. The second kappa shape index (κ2) is 7.22. The second-order valence-corrected chi connectivity index (χ2v) is 14.6. The van der Waals surface area contributed by atoms with E-state index in [0.717, 1.165) is 12.8 Å². The van der Waals surface area contributed by atoms with Gasteiger partial charge in [-0.1, -0.05) is 0 Å². The molecule has 3 atom stereocenters. The number of carbonyl (C=O) groups is 1. The highest BCUT2D eigenvalue weighted by molar-refractivity contribution is 9.10. The first-order valence-corrected chi connectivity index (χ1v) is 13.1. The molecule has 0 radical (unpaired) electrons. The maximum absolute atomic E-state index is 15.1. The first-order valence-electron chi connectivity index (χ1n) is 10.8. The molecule has 1 aliphatic carbocycles. The molecule has 32 heavy (non-hydrogen) atoms. The highest BCUT2D eigenvalue weighted by Crippen LogP contribution is 2.58. The predicted octanol–water partition coefficient (Wildman–Crippen LogP) is 4.93. The normalized spacial score (nSPS) is 32.4. The summed E-state index contributed by atoms with van der Waals surface area (Å²) in [7, 11) is -2.96. The molecule has 1 aromatic heterocycles. The number of aromatic nitrogens is 1. The van der Waals surface area contributed by atoms with Crippen LogP contribution in [0.2, 0.25) is 0 Å². The third-order valence-electron chi connectivity index (χ3n) is 6.74.